The van der Waals surface area contributed by atoms with Gasteiger partial charge in [-0.3, -0.25) is 4.79 Å². The summed E-state index contributed by atoms with van der Waals surface area (Å²) in [6, 6.07) is 8.84. The third kappa shape index (κ3) is 4.34. The molecule has 0 bridgehead atoms. The molecule has 3 aromatic rings. The number of rotatable bonds is 4. The number of carbonyl (C=O) groups is 1. The Bertz CT molecular complexity index is 1060. The first kappa shape index (κ1) is 20.2. The van der Waals surface area contributed by atoms with E-state index in [0.29, 0.717) is 11.9 Å². The minimum atomic E-state index is 0.0503. The molecule has 0 spiro atoms. The SMILES string of the molecule is Cn1cncc1-c1ccc2cnc(NC(=O)C3CCN(C4CCOCC4)CC3)cc2c1. The van der Waals surface area contributed by atoms with E-state index in [1.165, 1.54) is 0 Å². The van der Waals surface area contributed by atoms with Gasteiger partial charge >= 0.3 is 0 Å². The van der Waals surface area contributed by atoms with E-state index in [9.17, 15) is 4.79 Å². The number of benzene rings is 1. The topological polar surface area (TPSA) is 72.3 Å². The zero-order chi connectivity index (χ0) is 21.2. The maximum absolute atomic E-state index is 12.9. The van der Waals surface area contributed by atoms with E-state index in [1.807, 2.05) is 30.1 Å². The number of nitrogens with one attached hydrogen (secondary N) is 1. The smallest absolute Gasteiger partial charge is 0.228 e. The van der Waals surface area contributed by atoms with Crippen LogP contribution >= 0.6 is 0 Å². The third-order valence-corrected chi connectivity index (χ3v) is 6.69. The number of aromatic nitrogens is 3. The summed E-state index contributed by atoms with van der Waals surface area (Å²) in [7, 11) is 1.98. The van der Waals surface area contributed by atoms with Crippen molar-refractivity contribution in [2.75, 3.05) is 31.6 Å². The van der Waals surface area contributed by atoms with Crippen molar-refractivity contribution in [3.63, 3.8) is 0 Å². The fourth-order valence-corrected chi connectivity index (χ4v) is 4.81. The van der Waals surface area contributed by atoms with Crippen molar-refractivity contribution >= 4 is 22.5 Å². The Kier molecular flexibility index (Phi) is 5.70. The highest BCUT2D eigenvalue weighted by molar-refractivity contribution is 5.95. The van der Waals surface area contributed by atoms with Gasteiger partial charge < -0.3 is 19.5 Å². The number of fused-ring (bicyclic) bond motifs is 1. The monoisotopic (exact) mass is 419 g/mol. The average molecular weight is 420 g/mol. The van der Waals surface area contributed by atoms with Crippen LogP contribution in [0.2, 0.25) is 0 Å². The number of ether oxygens (including phenoxy) is 1. The number of amides is 1. The van der Waals surface area contributed by atoms with Crippen LogP contribution in [0.25, 0.3) is 22.0 Å². The van der Waals surface area contributed by atoms with Gasteiger partial charge in [-0.05, 0) is 56.3 Å². The summed E-state index contributed by atoms with van der Waals surface area (Å²) in [5, 5.41) is 5.16. The van der Waals surface area contributed by atoms with Crippen LogP contribution in [-0.4, -0.2) is 57.7 Å². The summed E-state index contributed by atoms with van der Waals surface area (Å²) in [5.41, 5.74) is 2.15. The first-order valence-corrected chi connectivity index (χ1v) is 11.2. The quantitative estimate of drug-likeness (QED) is 0.701. The van der Waals surface area contributed by atoms with Crippen molar-refractivity contribution in [3.05, 3.63) is 43.0 Å². The molecule has 162 valence electrons. The van der Waals surface area contributed by atoms with E-state index >= 15 is 0 Å². The number of hydrogen-bond acceptors (Lipinski definition) is 5. The minimum Gasteiger partial charge on any atom is -0.381 e. The molecule has 5 rings (SSSR count). The predicted octanol–water partition coefficient (Wildman–Crippen LogP) is 3.46. The van der Waals surface area contributed by atoms with E-state index in [1.54, 1.807) is 6.33 Å². The summed E-state index contributed by atoms with van der Waals surface area (Å²) in [4.78, 5) is 24.1. The van der Waals surface area contributed by atoms with E-state index in [4.69, 9.17) is 4.74 Å². The van der Waals surface area contributed by atoms with Crippen LogP contribution in [0.1, 0.15) is 25.7 Å². The number of piperidine rings is 1. The molecule has 0 saturated carbocycles. The number of anilines is 1. The molecular weight excluding hydrogens is 390 g/mol. The molecule has 31 heavy (non-hydrogen) atoms. The van der Waals surface area contributed by atoms with Gasteiger partial charge in [-0.25, -0.2) is 9.97 Å². The summed E-state index contributed by atoms with van der Waals surface area (Å²) >= 11 is 0. The molecule has 0 atom stereocenters. The number of aryl methyl sites for hydroxylation is 1. The Hall–Kier alpha value is -2.77. The lowest BCUT2D eigenvalue weighted by Crippen LogP contribution is -2.45. The molecule has 1 aromatic carbocycles. The molecule has 2 aliphatic heterocycles. The summed E-state index contributed by atoms with van der Waals surface area (Å²) in [6.07, 6.45) is 9.51. The normalized spacial score (nSPS) is 19.0. The van der Waals surface area contributed by atoms with E-state index < -0.39 is 0 Å². The van der Waals surface area contributed by atoms with Gasteiger partial charge in [0, 0.05) is 49.4 Å². The van der Waals surface area contributed by atoms with Gasteiger partial charge in [0.1, 0.15) is 5.82 Å². The number of nitrogens with zero attached hydrogens (tertiary/aromatic N) is 4. The maximum atomic E-state index is 12.9. The second-order valence-corrected chi connectivity index (χ2v) is 8.66. The number of hydrogen-bond donors (Lipinski definition) is 1. The Morgan fingerprint density at radius 3 is 2.61 bits per heavy atom. The highest BCUT2D eigenvalue weighted by Gasteiger charge is 2.29. The first-order chi connectivity index (χ1) is 15.2. The molecule has 2 aliphatic rings. The van der Waals surface area contributed by atoms with Crippen LogP contribution in [0.15, 0.2) is 43.0 Å². The molecule has 1 N–H and O–H groups in total. The van der Waals surface area contributed by atoms with E-state index in [0.717, 1.165) is 74.0 Å². The van der Waals surface area contributed by atoms with Crippen molar-refractivity contribution in [1.29, 1.82) is 0 Å². The lowest BCUT2D eigenvalue weighted by molar-refractivity contribution is -0.121. The minimum absolute atomic E-state index is 0.0503. The Balaban J connectivity index is 1.24. The van der Waals surface area contributed by atoms with Crippen molar-refractivity contribution in [2.45, 2.75) is 31.7 Å². The van der Waals surface area contributed by atoms with E-state index in [-0.39, 0.29) is 11.8 Å². The summed E-state index contributed by atoms with van der Waals surface area (Å²) < 4.78 is 7.48. The second kappa shape index (κ2) is 8.77. The van der Waals surface area contributed by atoms with Gasteiger partial charge in [0.25, 0.3) is 0 Å². The van der Waals surface area contributed by atoms with E-state index in [2.05, 4.69) is 38.4 Å². The molecule has 1 amide bonds. The van der Waals surface area contributed by atoms with Gasteiger partial charge in [0.2, 0.25) is 5.91 Å². The largest absolute Gasteiger partial charge is 0.381 e. The Morgan fingerprint density at radius 1 is 1.06 bits per heavy atom. The number of carbonyl (C=O) groups excluding carboxylic acids is 1. The zero-order valence-electron chi connectivity index (χ0n) is 18.0. The van der Waals surface area contributed by atoms with Crippen LogP contribution in [0.3, 0.4) is 0 Å². The molecule has 0 aliphatic carbocycles. The fourth-order valence-electron chi connectivity index (χ4n) is 4.81. The number of pyridine rings is 1. The van der Waals surface area contributed by atoms with Gasteiger partial charge in [-0.2, -0.15) is 0 Å². The van der Waals surface area contributed by atoms with Gasteiger partial charge in [-0.15, -0.1) is 0 Å². The maximum Gasteiger partial charge on any atom is 0.228 e. The zero-order valence-corrected chi connectivity index (χ0v) is 18.0. The third-order valence-electron chi connectivity index (χ3n) is 6.69. The molecule has 7 nitrogen and oxygen atoms in total. The highest BCUT2D eigenvalue weighted by Crippen LogP contribution is 2.27. The number of imidazole rings is 1. The highest BCUT2D eigenvalue weighted by atomic mass is 16.5. The van der Waals surface area contributed by atoms with Crippen molar-refractivity contribution in [2.24, 2.45) is 13.0 Å². The molecule has 7 heteroatoms. The number of likely N-dealkylation sites (tertiary alicyclic amines) is 1. The fraction of sp³-hybridized carbons (Fsp3) is 0.458. The standard InChI is InChI=1S/C24H29N5O2/c1-28-16-25-15-22(28)18-2-3-19-14-26-23(13-20(19)12-18)27-24(30)17-4-8-29(9-5-17)21-6-10-31-11-7-21/h2-3,12-17,21H,4-11H2,1H3,(H,26,27,30). The molecule has 0 radical (unpaired) electrons. The molecular formula is C24H29N5O2. The second-order valence-electron chi connectivity index (χ2n) is 8.66. The Morgan fingerprint density at radius 2 is 1.87 bits per heavy atom. The van der Waals surface area contributed by atoms with Gasteiger partial charge in [0.15, 0.2) is 0 Å². The van der Waals surface area contributed by atoms with Crippen LogP contribution in [0, 0.1) is 5.92 Å². The molecule has 0 unspecified atom stereocenters. The Labute approximate surface area is 182 Å². The lowest BCUT2D eigenvalue weighted by Gasteiger charge is -2.38. The van der Waals surface area contributed by atoms with Crippen molar-refractivity contribution < 1.29 is 9.53 Å². The van der Waals surface area contributed by atoms with Crippen molar-refractivity contribution in [1.82, 2.24) is 19.4 Å². The van der Waals surface area contributed by atoms with Crippen molar-refractivity contribution in [3.8, 4) is 11.3 Å². The summed E-state index contributed by atoms with van der Waals surface area (Å²) in [6.45, 7) is 3.70. The van der Waals surface area contributed by atoms with Crippen LogP contribution < -0.4 is 5.32 Å². The lowest BCUT2D eigenvalue weighted by atomic mass is 9.93. The predicted molar refractivity (Wildman–Crippen MR) is 121 cm³/mol. The average Bonchev–Trinajstić information content (AvgIpc) is 3.25. The first-order valence-electron chi connectivity index (χ1n) is 11.2. The van der Waals surface area contributed by atoms with Crippen LogP contribution in [0.4, 0.5) is 5.82 Å². The molecule has 2 saturated heterocycles. The van der Waals surface area contributed by atoms with Crippen LogP contribution in [-0.2, 0) is 16.6 Å². The van der Waals surface area contributed by atoms with Crippen LogP contribution in [0.5, 0.6) is 0 Å². The van der Waals surface area contributed by atoms with Gasteiger partial charge in [-0.1, -0.05) is 12.1 Å². The molecule has 4 heterocycles. The molecule has 2 fully saturated rings. The van der Waals surface area contributed by atoms with Gasteiger partial charge in [0.05, 0.1) is 18.2 Å². The summed E-state index contributed by atoms with van der Waals surface area (Å²) in [5.74, 6) is 0.752. The molecule has 2 aromatic heterocycles.